The number of hydrogen-bond donors (Lipinski definition) is 1. The first-order valence-electron chi connectivity index (χ1n) is 3.77. The van der Waals surface area contributed by atoms with Crippen molar-refractivity contribution in [2.45, 2.75) is 19.0 Å². The zero-order valence-electron chi connectivity index (χ0n) is 6.74. The van der Waals surface area contributed by atoms with Crippen molar-refractivity contribution >= 4 is 5.69 Å². The van der Waals surface area contributed by atoms with E-state index in [9.17, 15) is 0 Å². The van der Waals surface area contributed by atoms with E-state index in [1.807, 2.05) is 13.1 Å². The van der Waals surface area contributed by atoms with Gasteiger partial charge in [-0.25, -0.2) is 0 Å². The fraction of sp³-hybridized carbons (Fsp3) is 0.500. The highest BCUT2D eigenvalue weighted by Gasteiger charge is 2.33. The minimum atomic E-state index is 0.0324. The molecule has 1 aliphatic rings. The molecule has 60 valence electrons. The van der Waals surface area contributed by atoms with Crippen molar-refractivity contribution in [3.8, 4) is 0 Å². The molecule has 3 nitrogen and oxygen atoms in total. The van der Waals surface area contributed by atoms with Crippen molar-refractivity contribution in [2.24, 2.45) is 5.73 Å². The number of rotatable bonds is 0. The second-order valence-corrected chi connectivity index (χ2v) is 3.05. The maximum Gasteiger partial charge on any atom is 0.145 e. The van der Waals surface area contributed by atoms with Gasteiger partial charge in [-0.1, -0.05) is 0 Å². The standard InChI is InChI=1S/C8H12N2O/c1-5-7(9)8-6(10(5)2)3-4-11-8/h3-5,7H,9H2,1-2H3. The van der Waals surface area contributed by atoms with Gasteiger partial charge < -0.3 is 15.1 Å². The van der Waals surface area contributed by atoms with E-state index in [-0.39, 0.29) is 6.04 Å². The molecular formula is C8H12N2O. The number of nitrogens with zero attached hydrogens (tertiary/aromatic N) is 1. The third kappa shape index (κ3) is 0.715. The molecule has 3 heteroatoms. The van der Waals surface area contributed by atoms with Crippen LogP contribution in [-0.4, -0.2) is 13.1 Å². The number of fused-ring (bicyclic) bond motifs is 1. The monoisotopic (exact) mass is 152 g/mol. The number of furan rings is 1. The van der Waals surface area contributed by atoms with E-state index in [1.54, 1.807) is 6.26 Å². The van der Waals surface area contributed by atoms with Crippen LogP contribution in [0.4, 0.5) is 5.69 Å². The highest BCUT2D eigenvalue weighted by Crippen LogP contribution is 2.37. The number of likely N-dealkylation sites (N-methyl/N-ethyl adjacent to an activating group) is 1. The summed E-state index contributed by atoms with van der Waals surface area (Å²) in [6, 6.07) is 2.34. The smallest absolute Gasteiger partial charge is 0.145 e. The molecule has 0 bridgehead atoms. The minimum absolute atomic E-state index is 0.0324. The molecule has 0 aromatic carbocycles. The molecule has 2 unspecified atom stereocenters. The second-order valence-electron chi connectivity index (χ2n) is 3.05. The van der Waals surface area contributed by atoms with Crippen LogP contribution >= 0.6 is 0 Å². The molecule has 0 fully saturated rings. The summed E-state index contributed by atoms with van der Waals surface area (Å²) >= 11 is 0. The Morgan fingerprint density at radius 1 is 1.64 bits per heavy atom. The number of hydrogen-bond acceptors (Lipinski definition) is 3. The normalized spacial score (nSPS) is 29.2. The molecule has 0 aliphatic carbocycles. The van der Waals surface area contributed by atoms with Crippen LogP contribution in [-0.2, 0) is 0 Å². The topological polar surface area (TPSA) is 42.4 Å². The van der Waals surface area contributed by atoms with E-state index in [0.717, 1.165) is 11.4 Å². The summed E-state index contributed by atoms with van der Waals surface area (Å²) in [5.74, 6) is 0.917. The Morgan fingerprint density at radius 3 is 3.00 bits per heavy atom. The number of anilines is 1. The molecule has 0 saturated heterocycles. The lowest BCUT2D eigenvalue weighted by atomic mass is 10.2. The molecule has 2 heterocycles. The van der Waals surface area contributed by atoms with Crippen molar-refractivity contribution in [2.75, 3.05) is 11.9 Å². The van der Waals surface area contributed by atoms with Gasteiger partial charge in [-0.15, -0.1) is 0 Å². The van der Waals surface area contributed by atoms with Gasteiger partial charge in [0.1, 0.15) is 5.76 Å². The molecule has 1 aliphatic heterocycles. The van der Waals surface area contributed by atoms with E-state index in [4.69, 9.17) is 10.2 Å². The molecule has 1 aromatic heterocycles. The van der Waals surface area contributed by atoms with Gasteiger partial charge in [0.15, 0.2) is 0 Å². The first kappa shape index (κ1) is 6.73. The minimum Gasteiger partial charge on any atom is -0.465 e. The lowest BCUT2D eigenvalue weighted by Gasteiger charge is -2.19. The average Bonchev–Trinajstić information content (AvgIpc) is 2.53. The fourth-order valence-corrected chi connectivity index (χ4v) is 1.53. The van der Waals surface area contributed by atoms with Crippen LogP contribution in [0.25, 0.3) is 0 Å². The van der Waals surface area contributed by atoms with E-state index in [1.165, 1.54) is 0 Å². The third-order valence-electron chi connectivity index (χ3n) is 2.49. The lowest BCUT2D eigenvalue weighted by molar-refractivity contribution is 0.455. The van der Waals surface area contributed by atoms with Crippen molar-refractivity contribution in [1.82, 2.24) is 0 Å². The van der Waals surface area contributed by atoms with Crippen LogP contribution in [0.3, 0.4) is 0 Å². The quantitative estimate of drug-likeness (QED) is 0.605. The molecule has 0 saturated carbocycles. The van der Waals surface area contributed by atoms with E-state index < -0.39 is 0 Å². The highest BCUT2D eigenvalue weighted by atomic mass is 16.3. The maximum absolute atomic E-state index is 5.89. The zero-order chi connectivity index (χ0) is 8.01. The first-order chi connectivity index (χ1) is 5.22. The summed E-state index contributed by atoms with van der Waals surface area (Å²) in [4.78, 5) is 2.14. The van der Waals surface area contributed by atoms with Crippen LogP contribution < -0.4 is 10.6 Å². The van der Waals surface area contributed by atoms with Gasteiger partial charge in [-0.2, -0.15) is 0 Å². The molecule has 0 spiro atoms. The average molecular weight is 152 g/mol. The predicted octanol–water partition coefficient (Wildman–Crippen LogP) is 1.12. The van der Waals surface area contributed by atoms with Crippen molar-refractivity contribution in [3.05, 3.63) is 18.1 Å². The Hall–Kier alpha value is -0.960. The van der Waals surface area contributed by atoms with Gasteiger partial charge >= 0.3 is 0 Å². The summed E-state index contributed by atoms with van der Waals surface area (Å²) in [5, 5.41) is 0. The molecule has 0 amide bonds. The van der Waals surface area contributed by atoms with Gasteiger partial charge in [-0.05, 0) is 6.92 Å². The van der Waals surface area contributed by atoms with Crippen LogP contribution in [0.2, 0.25) is 0 Å². The molecule has 11 heavy (non-hydrogen) atoms. The second kappa shape index (κ2) is 2.01. The van der Waals surface area contributed by atoms with Crippen molar-refractivity contribution in [3.63, 3.8) is 0 Å². The summed E-state index contributed by atoms with van der Waals surface area (Å²) in [6.45, 7) is 2.10. The Labute approximate surface area is 65.8 Å². The van der Waals surface area contributed by atoms with Crippen LogP contribution in [0.1, 0.15) is 18.7 Å². The Kier molecular flexibility index (Phi) is 1.23. The maximum atomic E-state index is 5.89. The Bertz CT molecular complexity index is 244. The van der Waals surface area contributed by atoms with E-state index in [0.29, 0.717) is 6.04 Å². The van der Waals surface area contributed by atoms with Crippen molar-refractivity contribution in [1.29, 1.82) is 0 Å². The van der Waals surface area contributed by atoms with Gasteiger partial charge in [-0.3, -0.25) is 0 Å². The number of nitrogens with two attached hydrogens (primary N) is 1. The summed E-state index contributed by atoms with van der Waals surface area (Å²) in [6.07, 6.45) is 1.69. The predicted molar refractivity (Wildman–Crippen MR) is 43.5 cm³/mol. The largest absolute Gasteiger partial charge is 0.465 e. The summed E-state index contributed by atoms with van der Waals surface area (Å²) in [7, 11) is 2.03. The molecular weight excluding hydrogens is 140 g/mol. The van der Waals surface area contributed by atoms with Gasteiger partial charge in [0.25, 0.3) is 0 Å². The van der Waals surface area contributed by atoms with Gasteiger partial charge in [0, 0.05) is 19.2 Å². The Morgan fingerprint density at radius 2 is 2.36 bits per heavy atom. The summed E-state index contributed by atoms with van der Waals surface area (Å²) in [5.41, 5.74) is 7.02. The zero-order valence-corrected chi connectivity index (χ0v) is 6.74. The van der Waals surface area contributed by atoms with Crippen LogP contribution in [0, 0.1) is 0 Å². The molecule has 0 radical (unpaired) electrons. The van der Waals surface area contributed by atoms with E-state index in [2.05, 4.69) is 11.8 Å². The highest BCUT2D eigenvalue weighted by molar-refractivity contribution is 5.56. The summed E-state index contributed by atoms with van der Waals surface area (Å²) < 4.78 is 5.26. The van der Waals surface area contributed by atoms with Crippen LogP contribution in [0.5, 0.6) is 0 Å². The lowest BCUT2D eigenvalue weighted by Crippen LogP contribution is -2.31. The molecule has 2 N–H and O–H groups in total. The Balaban J connectivity index is 2.48. The van der Waals surface area contributed by atoms with E-state index >= 15 is 0 Å². The third-order valence-corrected chi connectivity index (χ3v) is 2.49. The SMILES string of the molecule is CC1C(N)c2occc2N1C. The van der Waals surface area contributed by atoms with Gasteiger partial charge in [0.05, 0.1) is 18.0 Å². The van der Waals surface area contributed by atoms with Crippen LogP contribution in [0.15, 0.2) is 16.7 Å². The van der Waals surface area contributed by atoms with Gasteiger partial charge in [0.2, 0.25) is 0 Å². The molecule has 2 rings (SSSR count). The van der Waals surface area contributed by atoms with Crippen molar-refractivity contribution < 1.29 is 4.42 Å². The first-order valence-corrected chi connectivity index (χ1v) is 3.77. The molecule has 1 aromatic rings. The fourth-order valence-electron chi connectivity index (χ4n) is 1.53. The molecule has 2 atom stereocenters.